The van der Waals surface area contributed by atoms with Gasteiger partial charge < -0.3 is 0 Å². The largest absolute Gasteiger partial charge is 0.264 e. The summed E-state index contributed by atoms with van der Waals surface area (Å²) >= 11 is 3.77. The van der Waals surface area contributed by atoms with Gasteiger partial charge in [0.25, 0.3) is 0 Å². The fourth-order valence-electron chi connectivity index (χ4n) is 2.41. The lowest BCUT2D eigenvalue weighted by atomic mass is 9.92. The van der Waals surface area contributed by atoms with Crippen LogP contribution in [0.15, 0.2) is 18.5 Å². The molecule has 2 atom stereocenters. The predicted octanol–water partition coefficient (Wildman–Crippen LogP) is 4.20. The van der Waals surface area contributed by atoms with Gasteiger partial charge in [-0.25, -0.2) is 0 Å². The Kier molecular flexibility index (Phi) is 3.79. The first-order valence-corrected chi connectivity index (χ1v) is 6.73. The van der Waals surface area contributed by atoms with E-state index in [-0.39, 0.29) is 0 Å². The molecule has 0 aliphatic heterocycles. The fourth-order valence-corrected chi connectivity index (χ4v) is 3.18. The molecule has 15 heavy (non-hydrogen) atoms. The van der Waals surface area contributed by atoms with Gasteiger partial charge in [-0.1, -0.05) is 34.8 Å². The number of rotatable bonds is 1. The summed E-state index contributed by atoms with van der Waals surface area (Å²) in [5.41, 5.74) is 2.71. The zero-order valence-electron chi connectivity index (χ0n) is 9.25. The molecule has 0 saturated heterocycles. The number of aryl methyl sites for hydroxylation is 1. The van der Waals surface area contributed by atoms with Crippen molar-refractivity contribution >= 4 is 15.9 Å². The highest BCUT2D eigenvalue weighted by atomic mass is 79.9. The Hall–Kier alpha value is -0.370. The number of pyridine rings is 1. The van der Waals surface area contributed by atoms with E-state index in [0.29, 0.717) is 10.7 Å². The molecule has 0 radical (unpaired) electrons. The van der Waals surface area contributed by atoms with Crippen molar-refractivity contribution in [2.75, 3.05) is 0 Å². The van der Waals surface area contributed by atoms with Crippen LogP contribution in [0.4, 0.5) is 0 Å². The van der Waals surface area contributed by atoms with Gasteiger partial charge in [0.2, 0.25) is 0 Å². The Morgan fingerprint density at radius 3 is 2.87 bits per heavy atom. The molecule has 1 saturated carbocycles. The topological polar surface area (TPSA) is 12.9 Å². The number of nitrogens with zero attached hydrogens (tertiary/aromatic N) is 1. The molecule has 1 fully saturated rings. The average Bonchev–Trinajstić information content (AvgIpc) is 2.43. The average molecular weight is 268 g/mol. The molecule has 1 aromatic heterocycles. The number of hydrogen-bond acceptors (Lipinski definition) is 1. The molecule has 0 aromatic carbocycles. The minimum absolute atomic E-state index is 0.700. The lowest BCUT2D eigenvalue weighted by molar-refractivity contribution is 0.597. The molecule has 82 valence electrons. The minimum Gasteiger partial charge on any atom is -0.264 e. The van der Waals surface area contributed by atoms with Crippen LogP contribution >= 0.6 is 15.9 Å². The van der Waals surface area contributed by atoms with Crippen molar-refractivity contribution in [3.05, 3.63) is 29.6 Å². The van der Waals surface area contributed by atoms with Crippen LogP contribution in [0.2, 0.25) is 0 Å². The first-order valence-electron chi connectivity index (χ1n) is 5.81. The summed E-state index contributed by atoms with van der Waals surface area (Å²) in [6.07, 6.45) is 10.6. The summed E-state index contributed by atoms with van der Waals surface area (Å²) in [7, 11) is 0. The number of hydrogen-bond donors (Lipinski definition) is 0. The van der Waals surface area contributed by atoms with Crippen LogP contribution in [0.1, 0.15) is 49.1 Å². The second-order valence-electron chi connectivity index (χ2n) is 4.61. The minimum atomic E-state index is 0.700. The van der Waals surface area contributed by atoms with E-state index in [1.54, 1.807) is 0 Å². The Morgan fingerprint density at radius 2 is 2.07 bits per heavy atom. The maximum absolute atomic E-state index is 4.30. The molecule has 1 aliphatic rings. The van der Waals surface area contributed by atoms with Crippen LogP contribution in [0.5, 0.6) is 0 Å². The number of aromatic nitrogens is 1. The smallest absolute Gasteiger partial charge is 0.0302 e. The maximum Gasteiger partial charge on any atom is 0.0302 e. The lowest BCUT2D eigenvalue weighted by Gasteiger charge is -2.16. The summed E-state index contributed by atoms with van der Waals surface area (Å²) in [4.78, 5) is 5.00. The van der Waals surface area contributed by atoms with Crippen molar-refractivity contribution in [2.24, 2.45) is 0 Å². The van der Waals surface area contributed by atoms with Crippen molar-refractivity contribution in [1.29, 1.82) is 0 Å². The molecule has 2 unspecified atom stereocenters. The highest BCUT2D eigenvalue weighted by molar-refractivity contribution is 9.09. The van der Waals surface area contributed by atoms with Crippen LogP contribution in [0, 0.1) is 6.92 Å². The van der Waals surface area contributed by atoms with Gasteiger partial charge in [-0.2, -0.15) is 0 Å². The second-order valence-corrected chi connectivity index (χ2v) is 5.90. The van der Waals surface area contributed by atoms with E-state index in [4.69, 9.17) is 0 Å². The maximum atomic E-state index is 4.30. The molecule has 1 heterocycles. The molecule has 0 amide bonds. The summed E-state index contributed by atoms with van der Waals surface area (Å²) in [6, 6.07) is 2.29. The third kappa shape index (κ3) is 3.04. The van der Waals surface area contributed by atoms with Crippen molar-refractivity contribution in [3.63, 3.8) is 0 Å². The highest BCUT2D eigenvalue weighted by Crippen LogP contribution is 2.34. The van der Waals surface area contributed by atoms with E-state index >= 15 is 0 Å². The van der Waals surface area contributed by atoms with Gasteiger partial charge in [0.1, 0.15) is 0 Å². The number of alkyl halides is 1. The summed E-state index contributed by atoms with van der Waals surface area (Å²) in [5, 5.41) is 0. The Bertz CT molecular complexity index is 324. The van der Waals surface area contributed by atoms with Crippen LogP contribution in [0.25, 0.3) is 0 Å². The monoisotopic (exact) mass is 267 g/mol. The third-order valence-corrected chi connectivity index (χ3v) is 4.06. The van der Waals surface area contributed by atoms with Gasteiger partial charge >= 0.3 is 0 Å². The molecule has 0 N–H and O–H groups in total. The van der Waals surface area contributed by atoms with Crippen molar-refractivity contribution in [1.82, 2.24) is 4.98 Å². The van der Waals surface area contributed by atoms with Gasteiger partial charge in [0.15, 0.2) is 0 Å². The summed E-state index contributed by atoms with van der Waals surface area (Å²) < 4.78 is 0. The van der Waals surface area contributed by atoms with Crippen LogP contribution in [-0.4, -0.2) is 9.81 Å². The molecule has 1 aliphatic carbocycles. The summed E-state index contributed by atoms with van der Waals surface area (Å²) in [5.74, 6) is 0.712. The van der Waals surface area contributed by atoms with Gasteiger partial charge in [0, 0.05) is 17.2 Å². The van der Waals surface area contributed by atoms with Gasteiger partial charge in [-0.05, 0) is 43.2 Å². The van der Waals surface area contributed by atoms with Crippen LogP contribution in [-0.2, 0) is 0 Å². The van der Waals surface area contributed by atoms with Gasteiger partial charge in [-0.15, -0.1) is 0 Å². The van der Waals surface area contributed by atoms with Crippen LogP contribution in [0.3, 0.4) is 0 Å². The van der Waals surface area contributed by atoms with Crippen molar-refractivity contribution in [3.8, 4) is 0 Å². The molecular weight excluding hydrogens is 250 g/mol. The number of halogens is 1. The lowest BCUT2D eigenvalue weighted by Crippen LogP contribution is -2.04. The second kappa shape index (κ2) is 5.11. The van der Waals surface area contributed by atoms with Crippen molar-refractivity contribution < 1.29 is 0 Å². The Labute approximate surface area is 100 Å². The standard InChI is InChI=1S/C13H18BrN/c1-10-6-12(9-15-8-10)11-4-2-3-5-13(14)7-11/h6,8-9,11,13H,2-5,7H2,1H3. The van der Waals surface area contributed by atoms with Gasteiger partial charge in [0.05, 0.1) is 0 Å². The van der Waals surface area contributed by atoms with E-state index in [9.17, 15) is 0 Å². The predicted molar refractivity (Wildman–Crippen MR) is 67.5 cm³/mol. The molecule has 2 rings (SSSR count). The molecule has 0 bridgehead atoms. The first kappa shape index (κ1) is 11.1. The van der Waals surface area contributed by atoms with Gasteiger partial charge in [-0.3, -0.25) is 4.98 Å². The SMILES string of the molecule is Cc1cncc(C2CCCCC(Br)C2)c1. The zero-order chi connectivity index (χ0) is 10.7. The first-order chi connectivity index (χ1) is 7.25. The van der Waals surface area contributed by atoms with E-state index in [1.807, 2.05) is 12.4 Å². The van der Waals surface area contributed by atoms with Crippen molar-refractivity contribution in [2.45, 2.75) is 49.8 Å². The zero-order valence-corrected chi connectivity index (χ0v) is 10.8. The highest BCUT2D eigenvalue weighted by Gasteiger charge is 2.19. The van der Waals surface area contributed by atoms with E-state index in [0.717, 1.165) is 0 Å². The normalized spacial score (nSPS) is 27.3. The molecule has 2 heteroatoms. The summed E-state index contributed by atoms with van der Waals surface area (Å²) in [6.45, 7) is 2.12. The fraction of sp³-hybridized carbons (Fsp3) is 0.615. The molecule has 1 aromatic rings. The van der Waals surface area contributed by atoms with E-state index in [2.05, 4.69) is 33.9 Å². The molecule has 1 nitrogen and oxygen atoms in total. The third-order valence-electron chi connectivity index (χ3n) is 3.23. The Balaban J connectivity index is 2.14. The molecular formula is C13H18BrN. The molecule has 0 spiro atoms. The van der Waals surface area contributed by atoms with Crippen LogP contribution < -0.4 is 0 Å². The van der Waals surface area contributed by atoms with E-state index in [1.165, 1.54) is 43.2 Å². The Morgan fingerprint density at radius 1 is 1.27 bits per heavy atom. The van der Waals surface area contributed by atoms with E-state index < -0.39 is 0 Å². The quantitative estimate of drug-likeness (QED) is 0.549.